The van der Waals surface area contributed by atoms with Crippen molar-refractivity contribution in [1.29, 1.82) is 0 Å². The number of thiazole rings is 1. The zero-order valence-corrected chi connectivity index (χ0v) is 14.7. The summed E-state index contributed by atoms with van der Waals surface area (Å²) in [5, 5.41) is 2.83. The van der Waals surface area contributed by atoms with Gasteiger partial charge >= 0.3 is 0 Å². The number of hydrogen-bond donors (Lipinski definition) is 0. The van der Waals surface area contributed by atoms with Crippen LogP contribution in [0.3, 0.4) is 0 Å². The van der Waals surface area contributed by atoms with E-state index in [-0.39, 0.29) is 0 Å². The van der Waals surface area contributed by atoms with E-state index in [0.29, 0.717) is 17.8 Å². The minimum absolute atomic E-state index is 0.468. The molecule has 1 aromatic carbocycles. The minimum atomic E-state index is 0.468. The van der Waals surface area contributed by atoms with Gasteiger partial charge in [-0.25, -0.2) is 15.0 Å². The van der Waals surface area contributed by atoms with Gasteiger partial charge in [0.15, 0.2) is 10.8 Å². The molecule has 0 bridgehead atoms. The molecule has 1 aliphatic heterocycles. The largest absolute Gasteiger partial charge is 0.353 e. The van der Waals surface area contributed by atoms with Crippen molar-refractivity contribution in [2.45, 2.75) is 32.2 Å². The number of nitrogens with zero attached hydrogens (tertiary/aromatic N) is 4. The minimum Gasteiger partial charge on any atom is -0.353 e. The number of benzene rings is 1. The maximum atomic E-state index is 4.75. The summed E-state index contributed by atoms with van der Waals surface area (Å²) in [4.78, 5) is 15.8. The first-order chi connectivity index (χ1) is 11.7. The van der Waals surface area contributed by atoms with Gasteiger partial charge in [0, 0.05) is 36.3 Å². The maximum Gasteiger partial charge on any atom is 0.190 e. The quantitative estimate of drug-likeness (QED) is 0.715. The van der Waals surface area contributed by atoms with Gasteiger partial charge in [-0.05, 0) is 31.9 Å². The van der Waals surface area contributed by atoms with E-state index in [0.717, 1.165) is 23.8 Å². The average Bonchev–Trinajstić information content (AvgIpc) is 3.25. The van der Waals surface area contributed by atoms with Crippen LogP contribution in [-0.4, -0.2) is 27.5 Å². The molecule has 1 fully saturated rings. The van der Waals surface area contributed by atoms with E-state index in [1.807, 2.05) is 17.6 Å². The van der Waals surface area contributed by atoms with Crippen LogP contribution in [0.5, 0.6) is 0 Å². The SMILES string of the molecule is Cc1ccc(C2CC(C)N(c3ccnc(-c4nccs4)n3)C2)cc1. The second-order valence-corrected chi connectivity index (χ2v) is 7.31. The lowest BCUT2D eigenvalue weighted by molar-refractivity contribution is 0.696. The molecule has 0 saturated carbocycles. The van der Waals surface area contributed by atoms with Crippen LogP contribution in [0.4, 0.5) is 5.82 Å². The van der Waals surface area contributed by atoms with E-state index in [1.54, 1.807) is 17.5 Å². The Morgan fingerprint density at radius 3 is 2.67 bits per heavy atom. The summed E-state index contributed by atoms with van der Waals surface area (Å²) >= 11 is 1.57. The van der Waals surface area contributed by atoms with E-state index >= 15 is 0 Å². The Balaban J connectivity index is 1.58. The van der Waals surface area contributed by atoms with Crippen LogP contribution in [0.25, 0.3) is 10.8 Å². The van der Waals surface area contributed by atoms with Crippen molar-refractivity contribution in [1.82, 2.24) is 15.0 Å². The van der Waals surface area contributed by atoms with Gasteiger partial charge in [0.1, 0.15) is 5.82 Å². The Morgan fingerprint density at radius 2 is 1.92 bits per heavy atom. The summed E-state index contributed by atoms with van der Waals surface area (Å²) < 4.78 is 0. The third-order valence-electron chi connectivity index (χ3n) is 4.68. The number of hydrogen-bond acceptors (Lipinski definition) is 5. The molecule has 5 heteroatoms. The lowest BCUT2D eigenvalue weighted by Crippen LogP contribution is -2.27. The molecule has 0 N–H and O–H groups in total. The summed E-state index contributed by atoms with van der Waals surface area (Å²) in [6.07, 6.45) is 4.78. The Hall–Kier alpha value is -2.27. The van der Waals surface area contributed by atoms with Crippen LogP contribution in [0, 0.1) is 6.92 Å². The summed E-state index contributed by atoms with van der Waals surface area (Å²) in [5.41, 5.74) is 2.73. The van der Waals surface area contributed by atoms with Gasteiger partial charge in [-0.3, -0.25) is 0 Å². The normalized spacial score (nSPS) is 20.5. The Bertz CT molecular complexity index is 814. The predicted molar refractivity (Wildman–Crippen MR) is 98.5 cm³/mol. The Labute approximate surface area is 146 Å². The molecule has 3 heterocycles. The van der Waals surface area contributed by atoms with E-state index in [2.05, 4.69) is 53.0 Å². The third-order valence-corrected chi connectivity index (χ3v) is 5.45. The summed E-state index contributed by atoms with van der Waals surface area (Å²) in [6.45, 7) is 5.41. The number of aromatic nitrogens is 3. The van der Waals surface area contributed by atoms with Crippen molar-refractivity contribution < 1.29 is 0 Å². The average molecular weight is 336 g/mol. The Kier molecular flexibility index (Phi) is 4.02. The highest BCUT2D eigenvalue weighted by molar-refractivity contribution is 7.13. The first-order valence-corrected chi connectivity index (χ1v) is 9.15. The van der Waals surface area contributed by atoms with Gasteiger partial charge in [-0.2, -0.15) is 0 Å². The smallest absolute Gasteiger partial charge is 0.190 e. The lowest BCUT2D eigenvalue weighted by Gasteiger charge is -2.22. The maximum absolute atomic E-state index is 4.75. The fourth-order valence-corrected chi connectivity index (χ4v) is 3.95. The molecule has 0 spiro atoms. The molecular weight excluding hydrogens is 316 g/mol. The Morgan fingerprint density at radius 1 is 1.08 bits per heavy atom. The molecule has 24 heavy (non-hydrogen) atoms. The van der Waals surface area contributed by atoms with Crippen LogP contribution in [-0.2, 0) is 0 Å². The van der Waals surface area contributed by atoms with Gasteiger partial charge in [-0.15, -0.1) is 11.3 Å². The van der Waals surface area contributed by atoms with E-state index < -0.39 is 0 Å². The number of rotatable bonds is 3. The molecule has 1 aliphatic rings. The van der Waals surface area contributed by atoms with Crippen LogP contribution in [0.15, 0.2) is 48.1 Å². The van der Waals surface area contributed by atoms with Crippen LogP contribution < -0.4 is 4.90 Å². The highest BCUT2D eigenvalue weighted by atomic mass is 32.1. The topological polar surface area (TPSA) is 41.9 Å². The molecule has 3 aromatic rings. The van der Waals surface area contributed by atoms with Crippen LogP contribution in [0.1, 0.15) is 30.4 Å². The van der Waals surface area contributed by atoms with Gasteiger partial charge in [-0.1, -0.05) is 29.8 Å². The number of aryl methyl sites for hydroxylation is 1. The van der Waals surface area contributed by atoms with Crippen LogP contribution >= 0.6 is 11.3 Å². The molecule has 2 aromatic heterocycles. The highest BCUT2D eigenvalue weighted by Gasteiger charge is 2.31. The molecule has 0 aliphatic carbocycles. The van der Waals surface area contributed by atoms with E-state index in [4.69, 9.17) is 4.98 Å². The lowest BCUT2D eigenvalue weighted by atomic mass is 9.96. The molecule has 2 unspecified atom stereocenters. The summed E-state index contributed by atoms with van der Waals surface area (Å²) in [6, 6.07) is 11.4. The molecular formula is C19H20N4S. The highest BCUT2D eigenvalue weighted by Crippen LogP contribution is 2.34. The molecule has 2 atom stereocenters. The van der Waals surface area contributed by atoms with Gasteiger partial charge in [0.25, 0.3) is 0 Å². The predicted octanol–water partition coefficient (Wildman–Crippen LogP) is 4.29. The van der Waals surface area contributed by atoms with Crippen LogP contribution in [0.2, 0.25) is 0 Å². The standard InChI is InChI=1S/C19H20N4S/c1-13-3-5-15(6-4-13)16-11-14(2)23(12-16)17-7-8-20-18(22-17)19-21-9-10-24-19/h3-10,14,16H,11-12H2,1-2H3. The first kappa shape index (κ1) is 15.3. The fraction of sp³-hybridized carbons (Fsp3) is 0.316. The molecule has 1 saturated heterocycles. The molecule has 4 rings (SSSR count). The van der Waals surface area contributed by atoms with Crippen molar-refractivity contribution in [2.24, 2.45) is 0 Å². The van der Waals surface area contributed by atoms with Crippen molar-refractivity contribution in [2.75, 3.05) is 11.4 Å². The van der Waals surface area contributed by atoms with Crippen molar-refractivity contribution in [3.8, 4) is 10.8 Å². The molecule has 0 radical (unpaired) electrons. The second-order valence-electron chi connectivity index (χ2n) is 6.42. The fourth-order valence-electron chi connectivity index (χ4n) is 3.38. The van der Waals surface area contributed by atoms with Gasteiger partial charge in [0.2, 0.25) is 0 Å². The first-order valence-electron chi connectivity index (χ1n) is 8.27. The van der Waals surface area contributed by atoms with E-state index in [9.17, 15) is 0 Å². The van der Waals surface area contributed by atoms with Crippen molar-refractivity contribution in [3.05, 3.63) is 59.2 Å². The van der Waals surface area contributed by atoms with Gasteiger partial charge < -0.3 is 4.90 Å². The zero-order chi connectivity index (χ0) is 16.5. The van der Waals surface area contributed by atoms with Gasteiger partial charge in [0.05, 0.1) is 0 Å². The summed E-state index contributed by atoms with van der Waals surface area (Å²) in [7, 11) is 0. The summed E-state index contributed by atoms with van der Waals surface area (Å²) in [5.74, 6) is 2.27. The zero-order valence-electron chi connectivity index (χ0n) is 13.9. The third kappa shape index (κ3) is 2.91. The molecule has 122 valence electrons. The number of anilines is 1. The van der Waals surface area contributed by atoms with Crippen molar-refractivity contribution in [3.63, 3.8) is 0 Å². The molecule has 4 nitrogen and oxygen atoms in total. The van der Waals surface area contributed by atoms with E-state index in [1.165, 1.54) is 11.1 Å². The monoisotopic (exact) mass is 336 g/mol. The second kappa shape index (κ2) is 6.32. The van der Waals surface area contributed by atoms with Crippen molar-refractivity contribution >= 4 is 17.2 Å². The molecule has 0 amide bonds.